The van der Waals surface area contributed by atoms with Gasteiger partial charge in [0.1, 0.15) is 5.75 Å². The lowest BCUT2D eigenvalue weighted by atomic mass is 10.0. The maximum atomic E-state index is 11.7. The Balaban J connectivity index is 2.51. The van der Waals surface area contributed by atoms with E-state index in [2.05, 4.69) is 5.32 Å². The number of nitrogens with one attached hydrogen (secondary N) is 1. The van der Waals surface area contributed by atoms with Crippen molar-refractivity contribution < 1.29 is 19.4 Å². The van der Waals surface area contributed by atoms with Gasteiger partial charge in [-0.1, -0.05) is 23.2 Å². The van der Waals surface area contributed by atoms with Gasteiger partial charge >= 0.3 is 5.97 Å². The number of rotatable bonds is 6. The van der Waals surface area contributed by atoms with E-state index in [-0.39, 0.29) is 13.0 Å². The minimum atomic E-state index is -0.985. The molecule has 0 fully saturated rings. The SMILES string of the molecule is CC(C)(CC(=O)O)NC(=O)COc1ccc(Cl)c(Cl)c1. The Labute approximate surface area is 126 Å². The molecule has 1 rings (SSSR count). The minimum Gasteiger partial charge on any atom is -0.484 e. The van der Waals surface area contributed by atoms with Gasteiger partial charge in [-0.2, -0.15) is 0 Å². The smallest absolute Gasteiger partial charge is 0.305 e. The van der Waals surface area contributed by atoms with Crippen LogP contribution in [0.2, 0.25) is 10.0 Å². The molecule has 0 radical (unpaired) electrons. The molecule has 1 amide bonds. The van der Waals surface area contributed by atoms with Crippen molar-refractivity contribution in [2.24, 2.45) is 0 Å². The first kappa shape index (κ1) is 16.6. The number of hydrogen-bond donors (Lipinski definition) is 2. The fourth-order valence-electron chi connectivity index (χ4n) is 1.55. The highest BCUT2D eigenvalue weighted by Gasteiger charge is 2.23. The van der Waals surface area contributed by atoms with E-state index in [0.29, 0.717) is 15.8 Å². The number of ether oxygens (including phenoxy) is 1. The van der Waals surface area contributed by atoms with Crippen LogP contribution in [0, 0.1) is 0 Å². The van der Waals surface area contributed by atoms with Crippen molar-refractivity contribution in [3.8, 4) is 5.75 Å². The molecule has 0 aromatic heterocycles. The molecule has 0 atom stereocenters. The number of amides is 1. The van der Waals surface area contributed by atoms with Gasteiger partial charge in [0.05, 0.1) is 16.5 Å². The van der Waals surface area contributed by atoms with Crippen LogP contribution in [0.1, 0.15) is 20.3 Å². The summed E-state index contributed by atoms with van der Waals surface area (Å²) < 4.78 is 5.25. The van der Waals surface area contributed by atoms with Crippen LogP contribution in [0.3, 0.4) is 0 Å². The molecule has 1 aromatic carbocycles. The zero-order chi connectivity index (χ0) is 15.3. The van der Waals surface area contributed by atoms with E-state index >= 15 is 0 Å². The Kier molecular flexibility index (Phi) is 5.65. The predicted molar refractivity (Wildman–Crippen MR) is 76.4 cm³/mol. The third-order valence-electron chi connectivity index (χ3n) is 2.33. The molecule has 110 valence electrons. The molecule has 2 N–H and O–H groups in total. The first-order valence-corrected chi connectivity index (χ1v) is 6.56. The first-order chi connectivity index (χ1) is 9.19. The van der Waals surface area contributed by atoms with Crippen LogP contribution in [-0.4, -0.2) is 29.1 Å². The van der Waals surface area contributed by atoms with Crippen molar-refractivity contribution in [1.82, 2.24) is 5.32 Å². The fraction of sp³-hybridized carbons (Fsp3) is 0.385. The molecule has 0 saturated carbocycles. The zero-order valence-electron chi connectivity index (χ0n) is 11.1. The van der Waals surface area contributed by atoms with Crippen molar-refractivity contribution in [2.75, 3.05) is 6.61 Å². The van der Waals surface area contributed by atoms with Crippen molar-refractivity contribution in [1.29, 1.82) is 0 Å². The molecule has 0 heterocycles. The summed E-state index contributed by atoms with van der Waals surface area (Å²) in [7, 11) is 0. The molecule has 0 saturated heterocycles. The quantitative estimate of drug-likeness (QED) is 0.845. The van der Waals surface area contributed by atoms with E-state index < -0.39 is 17.4 Å². The summed E-state index contributed by atoms with van der Waals surface area (Å²) in [5.74, 6) is -0.992. The number of carboxylic acid groups (broad SMARTS) is 1. The van der Waals surface area contributed by atoms with Gasteiger partial charge in [-0.15, -0.1) is 0 Å². The molecule has 0 aliphatic carbocycles. The monoisotopic (exact) mass is 319 g/mol. The summed E-state index contributed by atoms with van der Waals surface area (Å²) in [5.41, 5.74) is -0.843. The van der Waals surface area contributed by atoms with Gasteiger partial charge in [0.15, 0.2) is 6.61 Å². The van der Waals surface area contributed by atoms with Crippen molar-refractivity contribution in [3.05, 3.63) is 28.2 Å². The summed E-state index contributed by atoms with van der Waals surface area (Å²) in [6, 6.07) is 4.65. The molecular weight excluding hydrogens is 305 g/mol. The van der Waals surface area contributed by atoms with Crippen LogP contribution in [0.5, 0.6) is 5.75 Å². The number of halogens is 2. The maximum Gasteiger partial charge on any atom is 0.305 e. The number of carbonyl (C=O) groups excluding carboxylic acids is 1. The molecule has 0 aliphatic heterocycles. The Morgan fingerprint density at radius 1 is 1.30 bits per heavy atom. The Hall–Kier alpha value is -1.46. The number of hydrogen-bond acceptors (Lipinski definition) is 3. The summed E-state index contributed by atoms with van der Waals surface area (Å²) in [6.45, 7) is 3.01. The molecule has 0 spiro atoms. The molecule has 7 heteroatoms. The molecular formula is C13H15Cl2NO4. The van der Waals surface area contributed by atoms with Gasteiger partial charge in [-0.3, -0.25) is 9.59 Å². The molecule has 5 nitrogen and oxygen atoms in total. The zero-order valence-corrected chi connectivity index (χ0v) is 12.6. The molecule has 1 aromatic rings. The summed E-state index contributed by atoms with van der Waals surface area (Å²) in [4.78, 5) is 22.3. The lowest BCUT2D eigenvalue weighted by molar-refractivity contribution is -0.138. The van der Waals surface area contributed by atoms with Crippen LogP contribution in [-0.2, 0) is 9.59 Å². The highest BCUT2D eigenvalue weighted by atomic mass is 35.5. The Morgan fingerprint density at radius 2 is 1.95 bits per heavy atom. The van der Waals surface area contributed by atoms with Gasteiger partial charge in [0.25, 0.3) is 5.91 Å². The van der Waals surface area contributed by atoms with Crippen LogP contribution < -0.4 is 10.1 Å². The molecule has 20 heavy (non-hydrogen) atoms. The minimum absolute atomic E-state index is 0.175. The van der Waals surface area contributed by atoms with E-state index in [9.17, 15) is 9.59 Å². The number of benzene rings is 1. The average molecular weight is 320 g/mol. The van der Waals surface area contributed by atoms with Crippen LogP contribution in [0.25, 0.3) is 0 Å². The lowest BCUT2D eigenvalue weighted by Gasteiger charge is -2.24. The largest absolute Gasteiger partial charge is 0.484 e. The third kappa shape index (κ3) is 5.67. The summed E-state index contributed by atoms with van der Waals surface area (Å²) in [6.07, 6.45) is -0.175. The van der Waals surface area contributed by atoms with Gasteiger partial charge < -0.3 is 15.2 Å². The topological polar surface area (TPSA) is 75.6 Å². The Bertz CT molecular complexity index is 517. The normalized spacial score (nSPS) is 11.0. The molecule has 0 aliphatic rings. The second kappa shape index (κ2) is 6.81. The summed E-state index contributed by atoms with van der Waals surface area (Å²) >= 11 is 11.6. The van der Waals surface area contributed by atoms with Crippen LogP contribution in [0.15, 0.2) is 18.2 Å². The fourth-order valence-corrected chi connectivity index (χ4v) is 1.84. The molecule has 0 bridgehead atoms. The van der Waals surface area contributed by atoms with Crippen LogP contribution in [0.4, 0.5) is 0 Å². The van der Waals surface area contributed by atoms with E-state index in [4.69, 9.17) is 33.0 Å². The van der Waals surface area contributed by atoms with E-state index in [1.807, 2.05) is 0 Å². The predicted octanol–water partition coefficient (Wildman–Crippen LogP) is 2.74. The maximum absolute atomic E-state index is 11.7. The van der Waals surface area contributed by atoms with Gasteiger partial charge in [0, 0.05) is 11.6 Å². The van der Waals surface area contributed by atoms with Gasteiger partial charge in [0.2, 0.25) is 0 Å². The number of carbonyl (C=O) groups is 2. The van der Waals surface area contributed by atoms with E-state index in [1.165, 1.54) is 6.07 Å². The lowest BCUT2D eigenvalue weighted by Crippen LogP contribution is -2.46. The average Bonchev–Trinajstić information content (AvgIpc) is 2.28. The number of aliphatic carboxylic acids is 1. The highest BCUT2D eigenvalue weighted by molar-refractivity contribution is 6.42. The first-order valence-electron chi connectivity index (χ1n) is 5.80. The number of carboxylic acids is 1. The van der Waals surface area contributed by atoms with E-state index in [0.717, 1.165) is 0 Å². The van der Waals surface area contributed by atoms with Gasteiger partial charge in [-0.05, 0) is 26.0 Å². The van der Waals surface area contributed by atoms with E-state index in [1.54, 1.807) is 26.0 Å². The van der Waals surface area contributed by atoms with Crippen LogP contribution >= 0.6 is 23.2 Å². The standard InChI is InChI=1S/C13H15Cl2NO4/c1-13(2,6-12(18)19)16-11(17)7-20-8-3-4-9(14)10(15)5-8/h3-5H,6-7H2,1-2H3,(H,16,17)(H,18,19). The van der Waals surface area contributed by atoms with Crippen molar-refractivity contribution >= 4 is 35.1 Å². The Morgan fingerprint density at radius 3 is 2.50 bits per heavy atom. The van der Waals surface area contributed by atoms with Gasteiger partial charge in [-0.25, -0.2) is 0 Å². The second-order valence-electron chi connectivity index (χ2n) is 4.87. The third-order valence-corrected chi connectivity index (χ3v) is 3.07. The second-order valence-corrected chi connectivity index (χ2v) is 5.68. The van der Waals surface area contributed by atoms with Crippen molar-refractivity contribution in [3.63, 3.8) is 0 Å². The summed E-state index contributed by atoms with van der Waals surface area (Å²) in [5, 5.41) is 12.0. The molecule has 0 unspecified atom stereocenters. The highest BCUT2D eigenvalue weighted by Crippen LogP contribution is 2.26. The van der Waals surface area contributed by atoms with Crippen molar-refractivity contribution in [2.45, 2.75) is 25.8 Å².